The lowest BCUT2D eigenvalue weighted by Crippen LogP contribution is -2.39. The van der Waals surface area contributed by atoms with Gasteiger partial charge in [0.25, 0.3) is 0 Å². The van der Waals surface area contributed by atoms with E-state index in [4.69, 9.17) is 16.5 Å². The standard InChI is InChI=1S/C16H20ClN3O2/c1-22-14-8-6-12(7-9-14)10-19-11-15(18-17)20(16(19)21)13-4-2-3-5-13/h6-9,13H,2-5,10-11H2,1H3. The molecule has 22 heavy (non-hydrogen) atoms. The Kier molecular flexibility index (Phi) is 4.52. The van der Waals surface area contributed by atoms with Crippen LogP contribution in [0, 0.1) is 0 Å². The van der Waals surface area contributed by atoms with Crippen LogP contribution in [-0.4, -0.2) is 41.4 Å². The van der Waals surface area contributed by atoms with Crippen LogP contribution >= 0.6 is 11.8 Å². The highest BCUT2D eigenvalue weighted by Crippen LogP contribution is 2.28. The van der Waals surface area contributed by atoms with Crippen molar-refractivity contribution in [1.82, 2.24) is 9.80 Å². The first kappa shape index (κ1) is 15.2. The highest BCUT2D eigenvalue weighted by Gasteiger charge is 2.39. The predicted molar refractivity (Wildman–Crippen MR) is 86.2 cm³/mol. The third-order valence-corrected chi connectivity index (χ3v) is 4.60. The summed E-state index contributed by atoms with van der Waals surface area (Å²) in [4.78, 5) is 16.3. The predicted octanol–water partition coefficient (Wildman–Crippen LogP) is 3.43. The molecule has 5 nitrogen and oxygen atoms in total. The molecule has 1 saturated heterocycles. The molecular formula is C16H20ClN3O2. The number of hydrogen-bond donors (Lipinski definition) is 0. The summed E-state index contributed by atoms with van der Waals surface area (Å²) in [7, 11) is 1.64. The topological polar surface area (TPSA) is 45.1 Å². The van der Waals surface area contributed by atoms with Crippen LogP contribution in [0.15, 0.2) is 28.8 Å². The molecule has 0 unspecified atom stereocenters. The third kappa shape index (κ3) is 2.90. The summed E-state index contributed by atoms with van der Waals surface area (Å²) in [5, 5.41) is 0. The molecule has 0 radical (unpaired) electrons. The molecule has 3 rings (SSSR count). The Morgan fingerprint density at radius 1 is 1.27 bits per heavy atom. The monoisotopic (exact) mass is 321 g/mol. The molecule has 118 valence electrons. The molecular weight excluding hydrogens is 302 g/mol. The molecule has 2 fully saturated rings. The Bertz CT molecular complexity index is 567. The normalized spacial score (nSPS) is 21.2. The summed E-state index contributed by atoms with van der Waals surface area (Å²) in [6, 6.07) is 8.03. The van der Waals surface area contributed by atoms with Crippen molar-refractivity contribution in [2.24, 2.45) is 4.51 Å². The van der Waals surface area contributed by atoms with Gasteiger partial charge in [0.1, 0.15) is 11.6 Å². The van der Waals surface area contributed by atoms with Gasteiger partial charge in [-0.25, -0.2) is 4.79 Å². The molecule has 1 aliphatic carbocycles. The van der Waals surface area contributed by atoms with Crippen LogP contribution in [-0.2, 0) is 6.54 Å². The van der Waals surface area contributed by atoms with Gasteiger partial charge >= 0.3 is 6.03 Å². The third-order valence-electron chi connectivity index (χ3n) is 4.41. The summed E-state index contributed by atoms with van der Waals surface area (Å²) < 4.78 is 8.97. The first-order valence-electron chi connectivity index (χ1n) is 7.62. The fraction of sp³-hybridized carbons (Fsp3) is 0.500. The van der Waals surface area contributed by atoms with E-state index in [2.05, 4.69) is 4.51 Å². The van der Waals surface area contributed by atoms with Crippen LogP contribution in [0.3, 0.4) is 0 Å². The average Bonchev–Trinajstić information content (AvgIpc) is 3.16. The smallest absolute Gasteiger partial charge is 0.326 e. The van der Waals surface area contributed by atoms with E-state index in [1.807, 2.05) is 24.3 Å². The molecule has 2 amide bonds. The van der Waals surface area contributed by atoms with E-state index < -0.39 is 0 Å². The van der Waals surface area contributed by atoms with Gasteiger partial charge in [-0.1, -0.05) is 25.0 Å². The molecule has 0 atom stereocenters. The summed E-state index contributed by atoms with van der Waals surface area (Å²) in [6.45, 7) is 1.03. The van der Waals surface area contributed by atoms with Crippen LogP contribution < -0.4 is 4.74 Å². The van der Waals surface area contributed by atoms with Crippen molar-refractivity contribution in [2.45, 2.75) is 38.3 Å². The summed E-state index contributed by atoms with van der Waals surface area (Å²) in [5.74, 6) is 1.49. The molecule has 6 heteroatoms. The van der Waals surface area contributed by atoms with Gasteiger partial charge in [0.15, 0.2) is 0 Å². The van der Waals surface area contributed by atoms with Gasteiger partial charge in [0, 0.05) is 24.4 Å². The quantitative estimate of drug-likeness (QED) is 0.853. The number of carbonyl (C=O) groups excluding carboxylic acids is 1. The van der Waals surface area contributed by atoms with Crippen molar-refractivity contribution in [3.8, 4) is 5.75 Å². The van der Waals surface area contributed by atoms with Gasteiger partial charge in [-0.05, 0) is 30.5 Å². The molecule has 1 saturated carbocycles. The number of carbonyl (C=O) groups is 1. The first-order valence-corrected chi connectivity index (χ1v) is 7.95. The molecule has 1 aromatic rings. The minimum Gasteiger partial charge on any atom is -0.497 e. The zero-order chi connectivity index (χ0) is 15.5. The van der Waals surface area contributed by atoms with E-state index in [1.165, 1.54) is 12.8 Å². The number of halogens is 1. The van der Waals surface area contributed by atoms with E-state index in [9.17, 15) is 4.79 Å². The second kappa shape index (κ2) is 6.57. The van der Waals surface area contributed by atoms with Crippen molar-refractivity contribution >= 4 is 23.6 Å². The van der Waals surface area contributed by atoms with Crippen LogP contribution in [0.4, 0.5) is 4.79 Å². The highest BCUT2D eigenvalue weighted by molar-refractivity contribution is 6.22. The molecule has 0 spiro atoms. The summed E-state index contributed by atoms with van der Waals surface area (Å²) in [6.07, 6.45) is 4.42. The molecule has 1 aliphatic heterocycles. The molecule has 0 bridgehead atoms. The zero-order valence-electron chi connectivity index (χ0n) is 12.7. The number of hydrogen-bond acceptors (Lipinski definition) is 3. The number of benzene rings is 1. The van der Waals surface area contributed by atoms with Crippen LogP contribution in [0.1, 0.15) is 31.2 Å². The maximum Gasteiger partial charge on any atom is 0.326 e. The molecule has 1 heterocycles. The Morgan fingerprint density at radius 3 is 2.55 bits per heavy atom. The fourth-order valence-electron chi connectivity index (χ4n) is 3.25. The van der Waals surface area contributed by atoms with Gasteiger partial charge in [-0.3, -0.25) is 4.90 Å². The Morgan fingerprint density at radius 2 is 1.95 bits per heavy atom. The number of amidine groups is 1. The van der Waals surface area contributed by atoms with E-state index in [0.29, 0.717) is 18.9 Å². The number of nitrogens with zero attached hydrogens (tertiary/aromatic N) is 3. The van der Waals surface area contributed by atoms with Crippen molar-refractivity contribution in [1.29, 1.82) is 0 Å². The maximum atomic E-state index is 12.7. The summed E-state index contributed by atoms with van der Waals surface area (Å²) >= 11 is 5.71. The Balaban J connectivity index is 1.72. The zero-order valence-corrected chi connectivity index (χ0v) is 13.4. The fourth-order valence-corrected chi connectivity index (χ4v) is 3.38. The molecule has 0 aromatic heterocycles. The SMILES string of the molecule is COc1ccc(CN2CC(=NCl)N(C3CCCC3)C2=O)cc1. The van der Waals surface area contributed by atoms with Crippen molar-refractivity contribution in [3.63, 3.8) is 0 Å². The largest absolute Gasteiger partial charge is 0.497 e. The summed E-state index contributed by atoms with van der Waals surface area (Å²) in [5.41, 5.74) is 1.07. The molecule has 0 N–H and O–H groups in total. The lowest BCUT2D eigenvalue weighted by atomic mass is 10.2. The average molecular weight is 322 g/mol. The van der Waals surface area contributed by atoms with Gasteiger partial charge in [0.05, 0.1) is 13.7 Å². The van der Waals surface area contributed by atoms with E-state index in [1.54, 1.807) is 16.9 Å². The van der Waals surface area contributed by atoms with Crippen LogP contribution in [0.2, 0.25) is 0 Å². The Labute approximate surface area is 135 Å². The molecule has 1 aromatic carbocycles. The minimum atomic E-state index is 0.0159. The number of methoxy groups -OCH3 is 1. The maximum absolute atomic E-state index is 12.7. The second-order valence-corrected chi connectivity index (χ2v) is 5.96. The highest BCUT2D eigenvalue weighted by atomic mass is 35.5. The van der Waals surface area contributed by atoms with Crippen LogP contribution in [0.5, 0.6) is 5.75 Å². The first-order chi connectivity index (χ1) is 10.7. The van der Waals surface area contributed by atoms with Gasteiger partial charge in [0.2, 0.25) is 0 Å². The number of urea groups is 1. The van der Waals surface area contributed by atoms with Gasteiger partial charge in [-0.2, -0.15) is 4.51 Å². The van der Waals surface area contributed by atoms with Crippen molar-refractivity contribution < 1.29 is 9.53 Å². The van der Waals surface area contributed by atoms with Crippen LogP contribution in [0.25, 0.3) is 0 Å². The van der Waals surface area contributed by atoms with E-state index >= 15 is 0 Å². The minimum absolute atomic E-state index is 0.0159. The van der Waals surface area contributed by atoms with Crippen molar-refractivity contribution in [3.05, 3.63) is 29.8 Å². The van der Waals surface area contributed by atoms with Gasteiger partial charge in [-0.15, -0.1) is 0 Å². The number of rotatable bonds is 4. The second-order valence-electron chi connectivity index (χ2n) is 5.80. The molecule has 2 aliphatic rings. The number of amides is 2. The lowest BCUT2D eigenvalue weighted by molar-refractivity contribution is 0.185. The Hall–Kier alpha value is -1.75. The van der Waals surface area contributed by atoms with E-state index in [0.717, 1.165) is 24.2 Å². The van der Waals surface area contributed by atoms with E-state index in [-0.39, 0.29) is 12.1 Å². The lowest BCUT2D eigenvalue weighted by Gasteiger charge is -2.23. The van der Waals surface area contributed by atoms with Crippen molar-refractivity contribution in [2.75, 3.05) is 13.7 Å². The number of ether oxygens (including phenoxy) is 1. The van der Waals surface area contributed by atoms with Gasteiger partial charge < -0.3 is 9.64 Å².